The molecule has 2 aromatic carbocycles. The smallest absolute Gasteiger partial charge is 0.293 e. The number of ether oxygens (including phenoxy) is 1. The molecule has 5 heteroatoms. The molecule has 1 fully saturated rings. The van der Waals surface area contributed by atoms with Gasteiger partial charge in [-0.3, -0.25) is 14.5 Å². The lowest BCUT2D eigenvalue weighted by Crippen LogP contribution is -2.27. The molecule has 0 atom stereocenters. The van der Waals surface area contributed by atoms with Crippen LogP contribution in [0.2, 0.25) is 0 Å². The maximum absolute atomic E-state index is 12.7. The fourth-order valence-electron chi connectivity index (χ4n) is 2.66. The molecule has 1 heterocycles. The molecule has 128 valence electrons. The first-order valence-corrected chi connectivity index (χ1v) is 8.93. The van der Waals surface area contributed by atoms with Crippen LogP contribution in [-0.2, 0) is 11.3 Å². The molecule has 0 aromatic heterocycles. The van der Waals surface area contributed by atoms with Crippen molar-refractivity contribution in [3.05, 3.63) is 70.1 Å². The molecule has 0 aliphatic carbocycles. The first-order chi connectivity index (χ1) is 12.1. The Labute approximate surface area is 151 Å². The van der Waals surface area contributed by atoms with E-state index in [1.807, 2.05) is 62.4 Å². The zero-order valence-electron chi connectivity index (χ0n) is 14.2. The topological polar surface area (TPSA) is 46.6 Å². The number of carbonyl (C=O) groups is 2. The normalized spacial score (nSPS) is 15.9. The Bertz CT molecular complexity index is 844. The van der Waals surface area contributed by atoms with Gasteiger partial charge >= 0.3 is 0 Å². The highest BCUT2D eigenvalue weighted by Gasteiger charge is 2.35. The molecule has 1 aliphatic rings. The molecule has 1 saturated heterocycles. The quantitative estimate of drug-likeness (QED) is 0.735. The summed E-state index contributed by atoms with van der Waals surface area (Å²) in [5, 5.41) is -0.244. The summed E-state index contributed by atoms with van der Waals surface area (Å²) in [4.78, 5) is 26.6. The summed E-state index contributed by atoms with van der Waals surface area (Å²) in [7, 11) is 0. The number of para-hydroxylation sites is 1. The average molecular weight is 353 g/mol. The Morgan fingerprint density at radius 1 is 1.12 bits per heavy atom. The largest absolute Gasteiger partial charge is 0.493 e. The van der Waals surface area contributed by atoms with E-state index in [1.54, 1.807) is 6.08 Å². The first-order valence-electron chi connectivity index (χ1n) is 8.11. The van der Waals surface area contributed by atoms with Crippen molar-refractivity contribution in [3.8, 4) is 5.75 Å². The molecule has 0 N–H and O–H groups in total. The molecule has 25 heavy (non-hydrogen) atoms. The van der Waals surface area contributed by atoms with Crippen LogP contribution in [0.3, 0.4) is 0 Å². The van der Waals surface area contributed by atoms with Crippen LogP contribution in [0.4, 0.5) is 4.79 Å². The second-order valence-electron chi connectivity index (χ2n) is 5.73. The number of hydrogen-bond donors (Lipinski definition) is 0. The van der Waals surface area contributed by atoms with Gasteiger partial charge in [0.2, 0.25) is 0 Å². The van der Waals surface area contributed by atoms with Crippen LogP contribution in [0.1, 0.15) is 23.6 Å². The maximum atomic E-state index is 12.7. The van der Waals surface area contributed by atoms with Gasteiger partial charge in [-0.25, -0.2) is 0 Å². The summed E-state index contributed by atoms with van der Waals surface area (Å²) < 4.78 is 5.58. The van der Waals surface area contributed by atoms with E-state index in [9.17, 15) is 9.59 Å². The summed E-state index contributed by atoms with van der Waals surface area (Å²) in [6, 6.07) is 15.3. The minimum absolute atomic E-state index is 0.244. The Morgan fingerprint density at radius 3 is 2.68 bits per heavy atom. The lowest BCUT2D eigenvalue weighted by molar-refractivity contribution is -0.123. The number of aryl methyl sites for hydroxylation is 1. The van der Waals surface area contributed by atoms with Crippen molar-refractivity contribution in [3.63, 3.8) is 0 Å². The molecule has 2 aromatic rings. The molecule has 0 radical (unpaired) electrons. The van der Waals surface area contributed by atoms with Gasteiger partial charge in [-0.1, -0.05) is 48.0 Å². The Morgan fingerprint density at radius 2 is 1.92 bits per heavy atom. The predicted octanol–water partition coefficient (Wildman–Crippen LogP) is 4.63. The van der Waals surface area contributed by atoms with Gasteiger partial charge in [0.25, 0.3) is 11.1 Å². The number of amides is 2. The minimum atomic E-state index is -0.261. The summed E-state index contributed by atoms with van der Waals surface area (Å²) >= 11 is 0.970. The molecule has 4 nitrogen and oxygen atoms in total. The molecule has 0 bridgehead atoms. The predicted molar refractivity (Wildman–Crippen MR) is 100 cm³/mol. The number of thioether (sulfide) groups is 1. The van der Waals surface area contributed by atoms with Gasteiger partial charge in [0, 0.05) is 5.56 Å². The van der Waals surface area contributed by atoms with E-state index >= 15 is 0 Å². The highest BCUT2D eigenvalue weighted by Crippen LogP contribution is 2.34. The SMILES string of the molecule is CCOc1ccccc1/C=C1\SC(=O)N(Cc2cccc(C)c2)C1=O. The third-order valence-electron chi connectivity index (χ3n) is 3.80. The van der Waals surface area contributed by atoms with Crippen LogP contribution < -0.4 is 4.74 Å². The first kappa shape index (κ1) is 17.3. The van der Waals surface area contributed by atoms with E-state index in [-0.39, 0.29) is 17.7 Å². The number of imide groups is 1. The fraction of sp³-hybridized carbons (Fsp3) is 0.200. The summed E-state index contributed by atoms with van der Waals surface area (Å²) in [5.74, 6) is 0.443. The van der Waals surface area contributed by atoms with Crippen molar-refractivity contribution < 1.29 is 14.3 Å². The number of carbonyl (C=O) groups excluding carboxylic acids is 2. The Kier molecular flexibility index (Phi) is 5.24. The Hall–Kier alpha value is -2.53. The van der Waals surface area contributed by atoms with Gasteiger partial charge in [-0.2, -0.15) is 0 Å². The lowest BCUT2D eigenvalue weighted by atomic mass is 10.1. The highest BCUT2D eigenvalue weighted by atomic mass is 32.2. The van der Waals surface area contributed by atoms with Gasteiger partial charge in [-0.15, -0.1) is 0 Å². The molecular weight excluding hydrogens is 334 g/mol. The minimum Gasteiger partial charge on any atom is -0.493 e. The zero-order chi connectivity index (χ0) is 17.8. The molecular formula is C20H19NO3S. The number of benzene rings is 2. The van der Waals surface area contributed by atoms with E-state index in [0.29, 0.717) is 17.3 Å². The number of hydrogen-bond acceptors (Lipinski definition) is 4. The van der Waals surface area contributed by atoms with Crippen LogP contribution in [-0.4, -0.2) is 22.7 Å². The number of nitrogens with zero attached hydrogens (tertiary/aromatic N) is 1. The van der Waals surface area contributed by atoms with Crippen molar-refractivity contribution in [2.45, 2.75) is 20.4 Å². The van der Waals surface area contributed by atoms with Crippen LogP contribution in [0, 0.1) is 6.92 Å². The van der Waals surface area contributed by atoms with Crippen LogP contribution >= 0.6 is 11.8 Å². The summed E-state index contributed by atoms with van der Waals surface area (Å²) in [6.07, 6.45) is 1.73. The maximum Gasteiger partial charge on any atom is 0.293 e. The van der Waals surface area contributed by atoms with Crippen LogP contribution in [0.15, 0.2) is 53.4 Å². The molecule has 0 saturated carbocycles. The van der Waals surface area contributed by atoms with Crippen LogP contribution in [0.25, 0.3) is 6.08 Å². The molecule has 2 amide bonds. The fourth-order valence-corrected chi connectivity index (χ4v) is 3.49. The third kappa shape index (κ3) is 3.94. The van der Waals surface area contributed by atoms with Crippen LogP contribution in [0.5, 0.6) is 5.75 Å². The van der Waals surface area contributed by atoms with E-state index < -0.39 is 0 Å². The Balaban J connectivity index is 1.84. The van der Waals surface area contributed by atoms with E-state index in [4.69, 9.17) is 4.74 Å². The van der Waals surface area contributed by atoms with Crippen molar-refractivity contribution in [2.75, 3.05) is 6.61 Å². The van der Waals surface area contributed by atoms with Crippen molar-refractivity contribution in [2.24, 2.45) is 0 Å². The number of rotatable bonds is 5. The van der Waals surface area contributed by atoms with E-state index in [2.05, 4.69) is 0 Å². The molecule has 0 spiro atoms. The highest BCUT2D eigenvalue weighted by molar-refractivity contribution is 8.18. The van der Waals surface area contributed by atoms with Crippen molar-refractivity contribution in [1.29, 1.82) is 0 Å². The summed E-state index contributed by atoms with van der Waals surface area (Å²) in [5.41, 5.74) is 2.84. The molecule has 0 unspecified atom stereocenters. The van der Waals surface area contributed by atoms with Gasteiger partial charge < -0.3 is 4.74 Å². The monoisotopic (exact) mass is 353 g/mol. The third-order valence-corrected chi connectivity index (χ3v) is 4.71. The summed E-state index contributed by atoms with van der Waals surface area (Å²) in [6.45, 7) is 4.73. The second kappa shape index (κ2) is 7.57. The van der Waals surface area contributed by atoms with E-state index in [1.165, 1.54) is 4.90 Å². The second-order valence-corrected chi connectivity index (χ2v) is 6.72. The molecule has 1 aliphatic heterocycles. The van der Waals surface area contributed by atoms with Gasteiger partial charge in [0.15, 0.2) is 0 Å². The lowest BCUT2D eigenvalue weighted by Gasteiger charge is -2.12. The van der Waals surface area contributed by atoms with Crippen molar-refractivity contribution in [1.82, 2.24) is 4.90 Å². The van der Waals surface area contributed by atoms with E-state index in [0.717, 1.165) is 28.5 Å². The average Bonchev–Trinajstić information content (AvgIpc) is 2.84. The zero-order valence-corrected chi connectivity index (χ0v) is 15.0. The van der Waals surface area contributed by atoms with Crippen molar-refractivity contribution >= 4 is 29.0 Å². The van der Waals surface area contributed by atoms with Gasteiger partial charge in [0.1, 0.15) is 5.75 Å². The standard InChI is InChI=1S/C20H19NO3S/c1-3-24-17-10-5-4-9-16(17)12-18-19(22)21(20(23)25-18)13-15-8-6-7-14(2)11-15/h4-12H,3,13H2,1-2H3/b18-12-. The molecule has 3 rings (SSSR count). The van der Waals surface area contributed by atoms with Gasteiger partial charge in [0.05, 0.1) is 18.1 Å². The van der Waals surface area contributed by atoms with Gasteiger partial charge in [-0.05, 0) is 43.3 Å².